The molecule has 4 rings (SSSR count). The normalized spacial score (nSPS) is 14.3. The summed E-state index contributed by atoms with van der Waals surface area (Å²) in [5.74, 6) is 0.672. The predicted octanol–water partition coefficient (Wildman–Crippen LogP) is 5.51. The van der Waals surface area contributed by atoms with Gasteiger partial charge in [0.25, 0.3) is 5.91 Å². The molecule has 11 heteroatoms. The number of nitrogens with one attached hydrogen (secondary N) is 2. The van der Waals surface area contributed by atoms with Crippen molar-refractivity contribution in [2.75, 3.05) is 57.4 Å². The fraction of sp³-hybridized carbons (Fsp3) is 0.400. The SMILES string of the molecule is [B]c1ccc(OCCCN(C)CCCCCN[C@@H](C2=C(Nc3cccc(C(F)(F)F)c3)CN(CC)C2=O)c2ccc(N)cc2)cc1. The summed E-state index contributed by atoms with van der Waals surface area (Å²) in [6, 6.07) is 19.3. The van der Waals surface area contributed by atoms with Gasteiger partial charge in [0.15, 0.2) is 0 Å². The van der Waals surface area contributed by atoms with E-state index in [0.717, 1.165) is 62.2 Å². The van der Waals surface area contributed by atoms with Crippen LogP contribution in [-0.2, 0) is 11.0 Å². The maximum atomic E-state index is 13.6. The average molecular weight is 634 g/mol. The highest BCUT2D eigenvalue weighted by molar-refractivity contribution is 6.32. The van der Waals surface area contributed by atoms with Crippen molar-refractivity contribution in [1.82, 2.24) is 15.1 Å². The number of benzene rings is 3. The Bertz CT molecular complexity index is 1450. The molecule has 0 saturated heterocycles. The van der Waals surface area contributed by atoms with Crippen LogP contribution in [0.5, 0.6) is 5.75 Å². The van der Waals surface area contributed by atoms with E-state index < -0.39 is 17.8 Å². The third-order valence-electron chi connectivity index (χ3n) is 8.02. The summed E-state index contributed by atoms with van der Waals surface area (Å²) in [5, 5.41) is 6.72. The molecule has 1 amide bonds. The van der Waals surface area contributed by atoms with Crippen LogP contribution in [0.4, 0.5) is 24.5 Å². The van der Waals surface area contributed by atoms with E-state index in [0.29, 0.717) is 42.1 Å². The Hall–Kier alpha value is -3.96. The molecule has 0 unspecified atom stereocenters. The van der Waals surface area contributed by atoms with Gasteiger partial charge in [-0.25, -0.2) is 0 Å². The Morgan fingerprint density at radius 3 is 2.41 bits per heavy atom. The molecule has 2 radical (unpaired) electrons. The van der Waals surface area contributed by atoms with E-state index in [2.05, 4.69) is 22.6 Å². The van der Waals surface area contributed by atoms with E-state index in [1.165, 1.54) is 6.07 Å². The molecular formula is C35H43BF3N5O2. The third kappa shape index (κ3) is 10.0. The molecule has 4 N–H and O–H groups in total. The second-order valence-electron chi connectivity index (χ2n) is 11.6. The van der Waals surface area contributed by atoms with Crippen LogP contribution in [0, 0.1) is 0 Å². The second-order valence-corrected chi connectivity index (χ2v) is 11.6. The number of halogens is 3. The van der Waals surface area contributed by atoms with E-state index in [1.54, 1.807) is 23.1 Å². The first-order valence-electron chi connectivity index (χ1n) is 15.8. The number of unbranched alkanes of at least 4 members (excludes halogenated alkanes) is 2. The number of hydrogen-bond acceptors (Lipinski definition) is 6. The minimum absolute atomic E-state index is 0.145. The Morgan fingerprint density at radius 2 is 1.72 bits per heavy atom. The third-order valence-corrected chi connectivity index (χ3v) is 8.02. The number of nitrogens with two attached hydrogens (primary N) is 1. The van der Waals surface area contributed by atoms with Crippen LogP contribution >= 0.6 is 0 Å². The van der Waals surface area contributed by atoms with E-state index in [-0.39, 0.29) is 18.1 Å². The number of alkyl halides is 3. The molecule has 0 fully saturated rings. The summed E-state index contributed by atoms with van der Waals surface area (Å²) in [5.41, 5.74) is 8.76. The number of ether oxygens (including phenoxy) is 1. The standard InChI is InChI=1S/C35H43BF3N5O2/c1-3-44-24-31(42-29-10-7-9-26(23-29)35(37,38)39)32(34(44)45)33(25-11-15-28(40)16-12-25)41-19-5-4-6-20-43(2)21-8-22-46-30-17-13-27(36)14-18-30/h7,9-18,23,33,41-42H,3-6,8,19-22,24,40H2,1-2H3/t33-/m1/s1. The fourth-order valence-corrected chi connectivity index (χ4v) is 5.46. The van der Waals surface area contributed by atoms with Gasteiger partial charge in [0.05, 0.1) is 30.3 Å². The van der Waals surface area contributed by atoms with E-state index in [9.17, 15) is 18.0 Å². The van der Waals surface area contributed by atoms with Crippen molar-refractivity contribution in [3.05, 3.63) is 95.2 Å². The van der Waals surface area contributed by atoms with Crippen molar-refractivity contribution in [2.24, 2.45) is 0 Å². The number of anilines is 2. The van der Waals surface area contributed by atoms with Gasteiger partial charge in [0.2, 0.25) is 0 Å². The van der Waals surface area contributed by atoms with Gasteiger partial charge in [0, 0.05) is 30.2 Å². The van der Waals surface area contributed by atoms with Gasteiger partial charge in [-0.2, -0.15) is 13.2 Å². The zero-order valence-electron chi connectivity index (χ0n) is 26.6. The molecule has 1 atom stereocenters. The number of likely N-dealkylation sites (N-methyl/N-ethyl adjacent to an activating group) is 1. The van der Waals surface area contributed by atoms with Crippen LogP contribution in [0.2, 0.25) is 0 Å². The van der Waals surface area contributed by atoms with Gasteiger partial charge < -0.3 is 30.9 Å². The number of hydrogen-bond donors (Lipinski definition) is 3. The Labute approximate surface area is 271 Å². The molecule has 46 heavy (non-hydrogen) atoms. The van der Waals surface area contributed by atoms with Gasteiger partial charge in [-0.05, 0) is 94.4 Å². The summed E-state index contributed by atoms with van der Waals surface area (Å²) >= 11 is 0. The Kier molecular flexibility index (Phi) is 12.6. The maximum Gasteiger partial charge on any atom is 0.416 e. The van der Waals surface area contributed by atoms with Gasteiger partial charge in [0.1, 0.15) is 13.6 Å². The second kappa shape index (κ2) is 16.6. The number of nitrogen functional groups attached to an aromatic ring is 1. The molecule has 3 aromatic carbocycles. The Balaban J connectivity index is 1.34. The summed E-state index contributed by atoms with van der Waals surface area (Å²) in [6.45, 7) is 5.84. The summed E-state index contributed by atoms with van der Waals surface area (Å²) < 4.78 is 46.0. The van der Waals surface area contributed by atoms with Gasteiger partial charge in [-0.1, -0.05) is 42.2 Å². The smallest absolute Gasteiger partial charge is 0.416 e. The van der Waals surface area contributed by atoms with Gasteiger partial charge in [-0.3, -0.25) is 4.79 Å². The summed E-state index contributed by atoms with van der Waals surface area (Å²) in [6.07, 6.45) is -0.630. The van der Waals surface area contributed by atoms with Crippen LogP contribution in [0.15, 0.2) is 84.1 Å². The van der Waals surface area contributed by atoms with Crippen LogP contribution in [-0.4, -0.2) is 69.9 Å². The van der Waals surface area contributed by atoms with Crippen LogP contribution < -0.4 is 26.6 Å². The summed E-state index contributed by atoms with van der Waals surface area (Å²) in [7, 11) is 7.82. The van der Waals surface area contributed by atoms with Crippen LogP contribution in [0.3, 0.4) is 0 Å². The lowest BCUT2D eigenvalue weighted by Gasteiger charge is -2.23. The highest BCUT2D eigenvalue weighted by Gasteiger charge is 2.36. The molecule has 0 spiro atoms. The molecule has 0 aromatic heterocycles. The lowest BCUT2D eigenvalue weighted by atomic mass is 9.96. The van der Waals surface area contributed by atoms with E-state index in [1.807, 2.05) is 43.3 Å². The minimum Gasteiger partial charge on any atom is -0.494 e. The van der Waals surface area contributed by atoms with Crippen LogP contribution in [0.1, 0.15) is 49.8 Å². The average Bonchev–Trinajstić information content (AvgIpc) is 3.34. The lowest BCUT2D eigenvalue weighted by molar-refractivity contribution is -0.137. The highest BCUT2D eigenvalue weighted by Crippen LogP contribution is 2.34. The predicted molar refractivity (Wildman–Crippen MR) is 179 cm³/mol. The maximum absolute atomic E-state index is 13.6. The molecule has 1 aliphatic heterocycles. The lowest BCUT2D eigenvalue weighted by Crippen LogP contribution is -2.32. The minimum atomic E-state index is -4.47. The molecule has 1 heterocycles. The zero-order valence-corrected chi connectivity index (χ0v) is 26.6. The number of rotatable bonds is 17. The van der Waals surface area contributed by atoms with Crippen molar-refractivity contribution in [1.29, 1.82) is 0 Å². The van der Waals surface area contributed by atoms with Crippen molar-refractivity contribution in [3.8, 4) is 5.75 Å². The summed E-state index contributed by atoms with van der Waals surface area (Å²) in [4.78, 5) is 17.6. The molecule has 0 saturated carbocycles. The first-order valence-corrected chi connectivity index (χ1v) is 15.8. The molecular weight excluding hydrogens is 590 g/mol. The monoisotopic (exact) mass is 633 g/mol. The topological polar surface area (TPSA) is 82.9 Å². The first-order chi connectivity index (χ1) is 22.0. The quantitative estimate of drug-likeness (QED) is 0.103. The molecule has 244 valence electrons. The molecule has 0 aliphatic carbocycles. The van der Waals surface area contributed by atoms with Crippen LogP contribution in [0.25, 0.3) is 0 Å². The molecule has 3 aromatic rings. The van der Waals surface area contributed by atoms with Crippen molar-refractivity contribution in [3.63, 3.8) is 0 Å². The van der Waals surface area contributed by atoms with Crippen molar-refractivity contribution in [2.45, 2.75) is 44.8 Å². The van der Waals surface area contributed by atoms with Crippen molar-refractivity contribution >= 4 is 30.6 Å². The van der Waals surface area contributed by atoms with Gasteiger partial charge in [-0.15, -0.1) is 0 Å². The van der Waals surface area contributed by atoms with Gasteiger partial charge >= 0.3 is 6.18 Å². The van der Waals surface area contributed by atoms with E-state index in [4.69, 9.17) is 18.3 Å². The first kappa shape index (κ1) is 34.9. The fourth-order valence-electron chi connectivity index (χ4n) is 5.46. The van der Waals surface area contributed by atoms with Crippen molar-refractivity contribution < 1.29 is 22.7 Å². The number of amides is 1. The molecule has 1 aliphatic rings. The number of carbonyl (C=O) groups is 1. The Morgan fingerprint density at radius 1 is 1.00 bits per heavy atom. The zero-order chi connectivity index (χ0) is 33.1. The highest BCUT2D eigenvalue weighted by atomic mass is 19.4. The largest absolute Gasteiger partial charge is 0.494 e. The number of carbonyl (C=O) groups excluding carboxylic acids is 1. The number of nitrogens with zero attached hydrogens (tertiary/aromatic N) is 2. The molecule has 0 bridgehead atoms. The molecule has 7 nitrogen and oxygen atoms in total. The van der Waals surface area contributed by atoms with E-state index >= 15 is 0 Å².